The van der Waals surface area contributed by atoms with Crippen molar-refractivity contribution in [1.29, 1.82) is 0 Å². The molecule has 0 radical (unpaired) electrons. The summed E-state index contributed by atoms with van der Waals surface area (Å²) in [5.41, 5.74) is 3.01. The van der Waals surface area contributed by atoms with Crippen LogP contribution in [0.2, 0.25) is 0 Å². The molecule has 2 unspecified atom stereocenters. The van der Waals surface area contributed by atoms with Gasteiger partial charge in [0.15, 0.2) is 0 Å². The van der Waals surface area contributed by atoms with E-state index in [4.69, 9.17) is 0 Å². The van der Waals surface area contributed by atoms with Gasteiger partial charge in [-0.2, -0.15) is 0 Å². The van der Waals surface area contributed by atoms with Crippen molar-refractivity contribution in [3.8, 4) is 0 Å². The molecule has 0 spiro atoms. The number of hydrogen-bond donors (Lipinski definition) is 1. The molecule has 0 amide bonds. The Balaban J connectivity index is 1.44. The number of fused-ring (bicyclic) bond motifs is 1. The number of rotatable bonds is 3. The largest absolute Gasteiger partial charge is 0.307 e. The van der Waals surface area contributed by atoms with Gasteiger partial charge in [-0.15, -0.1) is 0 Å². The first kappa shape index (κ1) is 15.0. The maximum absolute atomic E-state index is 4.09. The first-order valence-electron chi connectivity index (χ1n) is 9.69. The molecule has 24 heavy (non-hydrogen) atoms. The van der Waals surface area contributed by atoms with E-state index in [-0.39, 0.29) is 0 Å². The van der Waals surface area contributed by atoms with E-state index in [0.29, 0.717) is 16.4 Å². The predicted molar refractivity (Wildman–Crippen MR) is 101 cm³/mol. The van der Waals surface area contributed by atoms with Crippen LogP contribution in [0.4, 0.5) is 0 Å². The van der Waals surface area contributed by atoms with Crippen molar-refractivity contribution in [3.63, 3.8) is 0 Å². The quantitative estimate of drug-likeness (QED) is 0.767. The van der Waals surface area contributed by atoms with Gasteiger partial charge in [0.2, 0.25) is 0 Å². The molecular weight excluding hydrogens is 290 g/mol. The van der Waals surface area contributed by atoms with Crippen molar-refractivity contribution < 1.29 is 0 Å². The average molecular weight is 319 g/mol. The smallest absolute Gasteiger partial charge is 0.0216 e. The summed E-state index contributed by atoms with van der Waals surface area (Å²) in [4.78, 5) is 0. The molecule has 0 aliphatic heterocycles. The van der Waals surface area contributed by atoms with Crippen LogP contribution in [-0.2, 0) is 6.54 Å². The standard InChI is InChI=1S/C23H29N/c1-21-10-17-11-22(2,14-21)16-23(12-17,15-21)24-13-19-8-5-7-18-6-3-4-9-20(18)19/h3-9,17,24H,10-16H2,1-2H3. The normalized spacial score (nSPS) is 40.3. The molecule has 1 N–H and O–H groups in total. The highest BCUT2D eigenvalue weighted by Crippen LogP contribution is 2.66. The molecule has 2 aromatic carbocycles. The van der Waals surface area contributed by atoms with E-state index in [1.807, 2.05) is 0 Å². The summed E-state index contributed by atoms with van der Waals surface area (Å²) in [6, 6.07) is 15.5. The molecule has 1 heteroatoms. The molecule has 0 aromatic heterocycles. The molecule has 6 rings (SSSR count). The van der Waals surface area contributed by atoms with Crippen molar-refractivity contribution in [2.45, 2.75) is 64.5 Å². The van der Waals surface area contributed by atoms with Crippen LogP contribution < -0.4 is 5.32 Å². The third-order valence-electron chi connectivity index (χ3n) is 7.16. The summed E-state index contributed by atoms with van der Waals surface area (Å²) in [6.07, 6.45) is 8.57. The lowest BCUT2D eigenvalue weighted by Crippen LogP contribution is -2.63. The molecule has 4 aliphatic rings. The Labute approximate surface area is 145 Å². The van der Waals surface area contributed by atoms with Gasteiger partial charge in [-0.25, -0.2) is 0 Å². The summed E-state index contributed by atoms with van der Waals surface area (Å²) < 4.78 is 0. The molecule has 4 aliphatic carbocycles. The van der Waals surface area contributed by atoms with Crippen LogP contribution in [0.1, 0.15) is 57.9 Å². The Morgan fingerprint density at radius 1 is 0.875 bits per heavy atom. The van der Waals surface area contributed by atoms with Gasteiger partial charge < -0.3 is 5.32 Å². The maximum Gasteiger partial charge on any atom is 0.0216 e. The summed E-state index contributed by atoms with van der Waals surface area (Å²) in [5, 5.41) is 6.86. The molecule has 4 saturated carbocycles. The lowest BCUT2D eigenvalue weighted by Gasteiger charge is -2.65. The second kappa shape index (κ2) is 4.85. The number of benzene rings is 2. The van der Waals surface area contributed by atoms with Gasteiger partial charge in [-0.3, -0.25) is 0 Å². The van der Waals surface area contributed by atoms with Crippen LogP contribution in [0.25, 0.3) is 10.8 Å². The van der Waals surface area contributed by atoms with Crippen molar-refractivity contribution >= 4 is 10.8 Å². The van der Waals surface area contributed by atoms with Gasteiger partial charge in [-0.1, -0.05) is 56.3 Å². The number of hydrogen-bond acceptors (Lipinski definition) is 1. The summed E-state index contributed by atoms with van der Waals surface area (Å²) in [5.74, 6) is 0.955. The van der Waals surface area contributed by atoms with Crippen LogP contribution in [0.3, 0.4) is 0 Å². The topological polar surface area (TPSA) is 12.0 Å². The van der Waals surface area contributed by atoms with Crippen molar-refractivity contribution in [1.82, 2.24) is 5.32 Å². The van der Waals surface area contributed by atoms with Crippen LogP contribution >= 0.6 is 0 Å². The van der Waals surface area contributed by atoms with Crippen molar-refractivity contribution in [2.24, 2.45) is 16.7 Å². The summed E-state index contributed by atoms with van der Waals surface area (Å²) in [6.45, 7) is 6.13. The molecule has 0 heterocycles. The monoisotopic (exact) mass is 319 g/mol. The van der Waals surface area contributed by atoms with Gasteiger partial charge in [0.25, 0.3) is 0 Å². The molecule has 0 saturated heterocycles. The van der Waals surface area contributed by atoms with Crippen LogP contribution in [-0.4, -0.2) is 5.54 Å². The Morgan fingerprint density at radius 3 is 2.33 bits per heavy atom. The SMILES string of the molecule is CC12CC3CC(C)(C1)CC(NCc1cccc4ccccc14)(C3)C2. The lowest BCUT2D eigenvalue weighted by molar-refractivity contribution is -0.118. The van der Waals surface area contributed by atoms with Gasteiger partial charge in [0.05, 0.1) is 0 Å². The minimum atomic E-state index is 0.389. The van der Waals surface area contributed by atoms with E-state index >= 15 is 0 Å². The Bertz CT molecular complexity index is 768. The van der Waals surface area contributed by atoms with Gasteiger partial charge in [0, 0.05) is 12.1 Å². The van der Waals surface area contributed by atoms with E-state index in [1.165, 1.54) is 54.9 Å². The first-order valence-corrected chi connectivity index (χ1v) is 9.69. The second-order valence-electron chi connectivity index (χ2n) is 9.90. The zero-order valence-electron chi connectivity index (χ0n) is 15.1. The number of nitrogens with one attached hydrogen (secondary N) is 1. The minimum Gasteiger partial charge on any atom is -0.307 e. The Hall–Kier alpha value is -1.34. The fourth-order valence-corrected chi connectivity index (χ4v) is 7.37. The molecule has 2 aromatic rings. The molecule has 4 fully saturated rings. The maximum atomic E-state index is 4.09. The van der Waals surface area contributed by atoms with Gasteiger partial charge in [-0.05, 0) is 71.6 Å². The summed E-state index contributed by atoms with van der Waals surface area (Å²) >= 11 is 0. The van der Waals surface area contributed by atoms with Crippen LogP contribution in [0.5, 0.6) is 0 Å². The third-order valence-corrected chi connectivity index (χ3v) is 7.16. The van der Waals surface area contributed by atoms with Gasteiger partial charge >= 0.3 is 0 Å². The highest BCUT2D eigenvalue weighted by Gasteiger charge is 2.59. The zero-order valence-corrected chi connectivity index (χ0v) is 15.1. The first-order chi connectivity index (χ1) is 11.5. The van der Waals surface area contributed by atoms with Crippen molar-refractivity contribution in [3.05, 3.63) is 48.0 Å². The molecular formula is C23H29N. The van der Waals surface area contributed by atoms with Gasteiger partial charge in [0.1, 0.15) is 0 Å². The third kappa shape index (κ3) is 2.32. The highest BCUT2D eigenvalue weighted by atomic mass is 15.0. The van der Waals surface area contributed by atoms with E-state index in [2.05, 4.69) is 61.6 Å². The molecule has 4 bridgehead atoms. The fraction of sp³-hybridized carbons (Fsp3) is 0.565. The van der Waals surface area contributed by atoms with Crippen molar-refractivity contribution in [2.75, 3.05) is 0 Å². The Morgan fingerprint density at radius 2 is 1.58 bits per heavy atom. The summed E-state index contributed by atoms with van der Waals surface area (Å²) in [7, 11) is 0. The fourth-order valence-electron chi connectivity index (χ4n) is 7.37. The zero-order chi connectivity index (χ0) is 16.4. The van der Waals surface area contributed by atoms with E-state index < -0.39 is 0 Å². The van der Waals surface area contributed by atoms with E-state index in [1.54, 1.807) is 0 Å². The molecule has 2 atom stereocenters. The minimum absolute atomic E-state index is 0.389. The highest BCUT2D eigenvalue weighted by molar-refractivity contribution is 5.85. The van der Waals surface area contributed by atoms with E-state index in [0.717, 1.165) is 12.5 Å². The van der Waals surface area contributed by atoms with Crippen LogP contribution in [0, 0.1) is 16.7 Å². The Kier molecular flexibility index (Phi) is 3.02. The molecule has 1 nitrogen and oxygen atoms in total. The molecule has 126 valence electrons. The average Bonchev–Trinajstić information content (AvgIpc) is 2.49. The lowest BCUT2D eigenvalue weighted by atomic mass is 9.43. The van der Waals surface area contributed by atoms with Crippen LogP contribution in [0.15, 0.2) is 42.5 Å². The predicted octanol–water partition coefficient (Wildman–Crippen LogP) is 5.68. The van der Waals surface area contributed by atoms with E-state index in [9.17, 15) is 0 Å². The second-order valence-corrected chi connectivity index (χ2v) is 9.90.